The van der Waals surface area contributed by atoms with E-state index < -0.39 is 0 Å². The average molecular weight is 190 g/mol. The molecule has 5 atom stereocenters. The van der Waals surface area contributed by atoms with E-state index in [2.05, 4.69) is 38.2 Å². The highest BCUT2D eigenvalue weighted by Gasteiger charge is 2.49. The average Bonchev–Trinajstić information content (AvgIpc) is 2.74. The van der Waals surface area contributed by atoms with Gasteiger partial charge in [0.05, 0.1) is 12.2 Å². The summed E-state index contributed by atoms with van der Waals surface area (Å²) in [7, 11) is 0. The Labute approximate surface area is 85.8 Å². The largest absolute Gasteiger partial charge is 0.371 e. The summed E-state index contributed by atoms with van der Waals surface area (Å²) in [5.41, 5.74) is 0. The van der Waals surface area contributed by atoms with Crippen molar-refractivity contribution in [3.63, 3.8) is 0 Å². The zero-order valence-electron chi connectivity index (χ0n) is 8.89. The van der Waals surface area contributed by atoms with Gasteiger partial charge in [-0.25, -0.2) is 0 Å². The van der Waals surface area contributed by atoms with E-state index in [1.165, 1.54) is 6.42 Å². The third-order valence-corrected chi connectivity index (χ3v) is 3.91. The molecule has 0 aliphatic heterocycles. The Balaban J connectivity index is 1.79. The van der Waals surface area contributed by atoms with E-state index in [0.29, 0.717) is 12.2 Å². The molecule has 1 saturated carbocycles. The monoisotopic (exact) mass is 190 g/mol. The summed E-state index contributed by atoms with van der Waals surface area (Å²) in [5, 5.41) is 0. The molecule has 14 heavy (non-hydrogen) atoms. The zero-order valence-corrected chi connectivity index (χ0v) is 8.89. The molecule has 76 valence electrons. The molecule has 0 heterocycles. The van der Waals surface area contributed by atoms with E-state index >= 15 is 0 Å². The van der Waals surface area contributed by atoms with Crippen molar-refractivity contribution >= 4 is 0 Å². The van der Waals surface area contributed by atoms with E-state index in [-0.39, 0.29) is 0 Å². The lowest BCUT2D eigenvalue weighted by Crippen LogP contribution is -2.28. The fourth-order valence-electron chi connectivity index (χ4n) is 3.45. The summed E-state index contributed by atoms with van der Waals surface area (Å²) in [6.45, 7) is 4.26. The van der Waals surface area contributed by atoms with Gasteiger partial charge in [-0.2, -0.15) is 0 Å². The number of ether oxygens (including phenoxy) is 1. The van der Waals surface area contributed by atoms with Crippen molar-refractivity contribution in [3.05, 3.63) is 24.3 Å². The molecule has 0 aromatic carbocycles. The molecule has 3 aliphatic carbocycles. The van der Waals surface area contributed by atoms with E-state index in [1.807, 2.05) is 0 Å². The van der Waals surface area contributed by atoms with Crippen LogP contribution < -0.4 is 0 Å². The van der Waals surface area contributed by atoms with Gasteiger partial charge in [0.25, 0.3) is 0 Å². The van der Waals surface area contributed by atoms with E-state index in [9.17, 15) is 0 Å². The molecule has 3 rings (SSSR count). The van der Waals surface area contributed by atoms with Gasteiger partial charge in [0.2, 0.25) is 0 Å². The standard InChI is InChI=1S/C13H18O/c1-8(2)14-12-6-5-11-9-3-4-10(7-9)13(11)12/h3-6,8-13H,7H2,1-2H3. The molecule has 0 spiro atoms. The molecule has 2 bridgehead atoms. The Hall–Kier alpha value is -0.560. The van der Waals surface area contributed by atoms with Gasteiger partial charge in [0, 0.05) is 5.92 Å². The van der Waals surface area contributed by atoms with Crippen LogP contribution in [-0.2, 0) is 4.74 Å². The molecule has 0 amide bonds. The lowest BCUT2D eigenvalue weighted by atomic mass is 9.84. The van der Waals surface area contributed by atoms with Crippen molar-refractivity contribution < 1.29 is 4.74 Å². The van der Waals surface area contributed by atoms with Crippen LogP contribution in [0.5, 0.6) is 0 Å². The van der Waals surface area contributed by atoms with Crippen molar-refractivity contribution in [1.82, 2.24) is 0 Å². The summed E-state index contributed by atoms with van der Waals surface area (Å²) in [5.74, 6) is 3.16. The van der Waals surface area contributed by atoms with Crippen LogP contribution in [0.3, 0.4) is 0 Å². The number of allylic oxidation sites excluding steroid dienone is 3. The Morgan fingerprint density at radius 3 is 2.64 bits per heavy atom. The van der Waals surface area contributed by atoms with Gasteiger partial charge in [0.15, 0.2) is 0 Å². The predicted molar refractivity (Wildman–Crippen MR) is 56.9 cm³/mol. The summed E-state index contributed by atoms with van der Waals surface area (Å²) in [6.07, 6.45) is 11.6. The number of hydrogen-bond donors (Lipinski definition) is 0. The molecule has 0 N–H and O–H groups in total. The van der Waals surface area contributed by atoms with Gasteiger partial charge >= 0.3 is 0 Å². The van der Waals surface area contributed by atoms with E-state index in [1.54, 1.807) is 0 Å². The van der Waals surface area contributed by atoms with Gasteiger partial charge < -0.3 is 4.74 Å². The second-order valence-corrected chi connectivity index (χ2v) is 5.14. The predicted octanol–water partition coefficient (Wildman–Crippen LogP) is 2.79. The van der Waals surface area contributed by atoms with Gasteiger partial charge in [0.1, 0.15) is 0 Å². The first-order valence-corrected chi connectivity index (χ1v) is 5.78. The Bertz CT molecular complexity index is 290. The molecule has 0 radical (unpaired) electrons. The van der Waals surface area contributed by atoms with Gasteiger partial charge in [-0.3, -0.25) is 0 Å². The van der Waals surface area contributed by atoms with Crippen molar-refractivity contribution in [2.24, 2.45) is 23.7 Å². The summed E-state index contributed by atoms with van der Waals surface area (Å²) >= 11 is 0. The van der Waals surface area contributed by atoms with Crippen molar-refractivity contribution in [3.8, 4) is 0 Å². The van der Waals surface area contributed by atoms with Crippen LogP contribution in [0.15, 0.2) is 24.3 Å². The Kier molecular flexibility index (Phi) is 1.85. The Morgan fingerprint density at radius 2 is 1.86 bits per heavy atom. The summed E-state index contributed by atoms with van der Waals surface area (Å²) < 4.78 is 5.96. The van der Waals surface area contributed by atoms with Crippen molar-refractivity contribution in [1.29, 1.82) is 0 Å². The SMILES string of the molecule is CC(C)OC1C=CC2C3C=CC(C3)C12. The molecule has 1 nitrogen and oxygen atoms in total. The summed E-state index contributed by atoms with van der Waals surface area (Å²) in [6, 6.07) is 0. The maximum atomic E-state index is 5.96. The van der Waals surface area contributed by atoms with Crippen LogP contribution in [0.25, 0.3) is 0 Å². The van der Waals surface area contributed by atoms with E-state index in [0.717, 1.165) is 23.7 Å². The van der Waals surface area contributed by atoms with Gasteiger partial charge in [-0.15, -0.1) is 0 Å². The van der Waals surface area contributed by atoms with Crippen LogP contribution in [0.1, 0.15) is 20.3 Å². The van der Waals surface area contributed by atoms with Crippen molar-refractivity contribution in [2.75, 3.05) is 0 Å². The molecular weight excluding hydrogens is 172 g/mol. The molecule has 0 aromatic rings. The van der Waals surface area contributed by atoms with E-state index in [4.69, 9.17) is 4.74 Å². The molecule has 0 saturated heterocycles. The highest BCUT2D eigenvalue weighted by atomic mass is 16.5. The summed E-state index contributed by atoms with van der Waals surface area (Å²) in [4.78, 5) is 0. The Morgan fingerprint density at radius 1 is 1.07 bits per heavy atom. The van der Waals surface area contributed by atoms with Gasteiger partial charge in [-0.05, 0) is 38.0 Å². The minimum absolute atomic E-state index is 0.353. The first-order chi connectivity index (χ1) is 6.75. The van der Waals surface area contributed by atoms with Gasteiger partial charge in [-0.1, -0.05) is 24.3 Å². The third-order valence-electron chi connectivity index (χ3n) is 3.91. The molecule has 1 fully saturated rings. The quantitative estimate of drug-likeness (QED) is 0.608. The molecule has 3 aliphatic rings. The van der Waals surface area contributed by atoms with Crippen LogP contribution >= 0.6 is 0 Å². The maximum Gasteiger partial charge on any atom is 0.0799 e. The number of fused-ring (bicyclic) bond motifs is 5. The smallest absolute Gasteiger partial charge is 0.0799 e. The van der Waals surface area contributed by atoms with Crippen LogP contribution in [0.2, 0.25) is 0 Å². The van der Waals surface area contributed by atoms with Crippen molar-refractivity contribution in [2.45, 2.75) is 32.5 Å². The first kappa shape index (κ1) is 8.72. The minimum Gasteiger partial charge on any atom is -0.371 e. The second-order valence-electron chi connectivity index (χ2n) is 5.14. The number of rotatable bonds is 2. The lowest BCUT2D eigenvalue weighted by Gasteiger charge is -2.27. The topological polar surface area (TPSA) is 9.23 Å². The molecule has 1 heteroatoms. The van der Waals surface area contributed by atoms with Crippen LogP contribution in [0.4, 0.5) is 0 Å². The normalized spacial score (nSPS) is 48.1. The minimum atomic E-state index is 0.353. The third kappa shape index (κ3) is 1.12. The van der Waals surface area contributed by atoms with Crippen LogP contribution in [-0.4, -0.2) is 12.2 Å². The maximum absolute atomic E-state index is 5.96. The highest BCUT2D eigenvalue weighted by molar-refractivity contribution is 5.25. The molecular formula is C13H18O. The fraction of sp³-hybridized carbons (Fsp3) is 0.692. The lowest BCUT2D eigenvalue weighted by molar-refractivity contribution is -0.00434. The second kappa shape index (κ2) is 2.96. The zero-order chi connectivity index (χ0) is 9.71. The first-order valence-electron chi connectivity index (χ1n) is 5.78. The fourth-order valence-corrected chi connectivity index (χ4v) is 3.45. The molecule has 0 aromatic heterocycles. The molecule has 5 unspecified atom stereocenters. The van der Waals surface area contributed by atoms with Crippen LogP contribution in [0, 0.1) is 23.7 Å². The number of hydrogen-bond acceptors (Lipinski definition) is 1. The highest BCUT2D eigenvalue weighted by Crippen LogP contribution is 2.53.